The number of halogens is 7. The topological polar surface area (TPSA) is 90.6 Å². The quantitative estimate of drug-likeness (QED) is 0.552. The molecule has 1 saturated heterocycles. The number of primary amides is 1. The molecule has 0 spiro atoms. The van der Waals surface area contributed by atoms with Crippen molar-refractivity contribution >= 4 is 17.5 Å². The molecular weight excluding hydrogens is 489 g/mol. The first-order valence-electron chi connectivity index (χ1n) is 10.0. The van der Waals surface area contributed by atoms with Crippen molar-refractivity contribution in [1.29, 1.82) is 0 Å². The van der Waals surface area contributed by atoms with Crippen LogP contribution in [0.3, 0.4) is 0 Å². The van der Waals surface area contributed by atoms with Crippen molar-refractivity contribution in [3.05, 3.63) is 59.2 Å². The highest BCUT2D eigenvalue weighted by molar-refractivity contribution is 5.98. The van der Waals surface area contributed by atoms with E-state index in [1.54, 1.807) is 0 Å². The van der Waals surface area contributed by atoms with Crippen LogP contribution in [0, 0.1) is 17.6 Å². The van der Waals surface area contributed by atoms with Gasteiger partial charge in [-0.2, -0.15) is 22.0 Å². The molecule has 2 aromatic rings. The number of hydrogen-bond donors (Lipinski definition) is 2. The lowest BCUT2D eigenvalue weighted by atomic mass is 9.77. The van der Waals surface area contributed by atoms with Gasteiger partial charge >= 0.3 is 12.8 Å². The van der Waals surface area contributed by atoms with Gasteiger partial charge in [0.15, 0.2) is 5.60 Å². The number of benzene rings is 2. The average molecular weight is 508 g/mol. The lowest BCUT2D eigenvalue weighted by Gasteiger charge is -2.32. The molecule has 2 aromatic carbocycles. The lowest BCUT2D eigenvalue weighted by molar-refractivity contribution is -0.272. The summed E-state index contributed by atoms with van der Waals surface area (Å²) in [6, 6.07) is 5.01. The number of ether oxygens (including phenoxy) is 2. The zero-order valence-electron chi connectivity index (χ0n) is 18.1. The Balaban J connectivity index is 2.07. The van der Waals surface area contributed by atoms with Gasteiger partial charge in [-0.15, -0.1) is 0 Å². The highest BCUT2D eigenvalue weighted by atomic mass is 19.4. The van der Waals surface area contributed by atoms with Crippen LogP contribution in [0.5, 0.6) is 5.75 Å². The highest BCUT2D eigenvalue weighted by Crippen LogP contribution is 2.54. The molecule has 0 saturated carbocycles. The number of carbonyl (C=O) groups excluding carboxylic acids is 2. The van der Waals surface area contributed by atoms with Crippen molar-refractivity contribution in [1.82, 2.24) is 0 Å². The minimum absolute atomic E-state index is 0.191. The van der Waals surface area contributed by atoms with E-state index in [4.69, 9.17) is 10.5 Å². The zero-order valence-corrected chi connectivity index (χ0v) is 18.1. The van der Waals surface area contributed by atoms with Crippen molar-refractivity contribution in [2.45, 2.75) is 44.3 Å². The molecule has 0 aromatic heterocycles. The Hall–Kier alpha value is -3.35. The number of hydrogen-bond acceptors (Lipinski definition) is 4. The number of anilines is 1. The molecule has 13 heteroatoms. The molecule has 1 aliphatic heterocycles. The summed E-state index contributed by atoms with van der Waals surface area (Å²) < 4.78 is 105. The normalized spacial score (nSPS) is 24.5. The van der Waals surface area contributed by atoms with Crippen molar-refractivity contribution in [2.75, 3.05) is 5.32 Å². The summed E-state index contributed by atoms with van der Waals surface area (Å²) in [7, 11) is 0. The molecule has 4 atom stereocenters. The molecule has 35 heavy (non-hydrogen) atoms. The average Bonchev–Trinajstić information content (AvgIpc) is 3.01. The van der Waals surface area contributed by atoms with E-state index in [0.29, 0.717) is 13.0 Å². The van der Waals surface area contributed by atoms with Crippen LogP contribution < -0.4 is 15.8 Å². The van der Waals surface area contributed by atoms with Gasteiger partial charge in [-0.05, 0) is 31.2 Å². The Morgan fingerprint density at radius 2 is 1.80 bits per heavy atom. The molecule has 2 amide bonds. The second kappa shape index (κ2) is 9.36. The van der Waals surface area contributed by atoms with Crippen LogP contribution in [0.25, 0.3) is 0 Å². The molecule has 3 N–H and O–H groups in total. The summed E-state index contributed by atoms with van der Waals surface area (Å²) in [5.74, 6) is -8.13. The van der Waals surface area contributed by atoms with Crippen molar-refractivity contribution in [2.24, 2.45) is 11.7 Å². The van der Waals surface area contributed by atoms with Crippen LogP contribution in [-0.2, 0) is 9.53 Å². The van der Waals surface area contributed by atoms with Gasteiger partial charge in [0.1, 0.15) is 23.5 Å². The maximum absolute atomic E-state index is 13.9. The molecule has 1 aliphatic rings. The molecule has 1 heterocycles. The molecule has 0 unspecified atom stereocenters. The van der Waals surface area contributed by atoms with Crippen molar-refractivity contribution in [3.8, 4) is 5.75 Å². The van der Waals surface area contributed by atoms with Gasteiger partial charge in [-0.3, -0.25) is 9.59 Å². The van der Waals surface area contributed by atoms with Crippen LogP contribution >= 0.6 is 0 Å². The molecule has 3 rings (SSSR count). The van der Waals surface area contributed by atoms with Gasteiger partial charge in [0, 0.05) is 29.2 Å². The first-order chi connectivity index (χ1) is 16.2. The number of rotatable bonds is 6. The predicted molar refractivity (Wildman–Crippen MR) is 108 cm³/mol. The first-order valence-corrected chi connectivity index (χ1v) is 10.0. The molecule has 1 fully saturated rings. The standard InChI is InChI=1S/C22H19F7N2O4/c1-9-16(12-5-3-10(23)7-15(12)34-20(25)26)17(35-21(9,2)22(27,28)29)19(33)31-11-4-6-14(24)13(8-11)18(30)32/h3-9,16-17,20H,1-2H3,(H2,30,32)(H,31,33)/t9-,16+,17+,21+/m0/s1. The van der Waals surface area contributed by atoms with E-state index in [0.717, 1.165) is 37.3 Å². The van der Waals surface area contributed by atoms with Gasteiger partial charge in [-0.25, -0.2) is 8.78 Å². The third kappa shape index (κ3) is 5.04. The molecule has 0 radical (unpaired) electrons. The van der Waals surface area contributed by atoms with E-state index < -0.39 is 71.1 Å². The summed E-state index contributed by atoms with van der Waals surface area (Å²) in [4.78, 5) is 24.4. The molecule has 6 nitrogen and oxygen atoms in total. The Kier molecular flexibility index (Phi) is 7.02. The fraction of sp³-hybridized carbons (Fsp3) is 0.364. The summed E-state index contributed by atoms with van der Waals surface area (Å²) in [5.41, 5.74) is 1.05. The van der Waals surface area contributed by atoms with Crippen molar-refractivity contribution < 1.29 is 49.8 Å². The van der Waals surface area contributed by atoms with E-state index in [1.807, 2.05) is 0 Å². The Morgan fingerprint density at radius 3 is 2.37 bits per heavy atom. The van der Waals surface area contributed by atoms with E-state index in [-0.39, 0.29) is 11.3 Å². The Morgan fingerprint density at radius 1 is 1.14 bits per heavy atom. The van der Waals surface area contributed by atoms with Crippen LogP contribution in [0.1, 0.15) is 35.7 Å². The number of nitrogens with two attached hydrogens (primary N) is 1. The lowest BCUT2D eigenvalue weighted by Crippen LogP contribution is -2.47. The highest BCUT2D eigenvalue weighted by Gasteiger charge is 2.65. The maximum Gasteiger partial charge on any atom is 0.417 e. The zero-order chi connectivity index (χ0) is 26.3. The predicted octanol–water partition coefficient (Wildman–Crippen LogP) is 4.74. The number of carbonyl (C=O) groups is 2. The summed E-state index contributed by atoms with van der Waals surface area (Å²) in [6.07, 6.45) is -6.91. The van der Waals surface area contributed by atoms with Gasteiger partial charge in [0.05, 0.1) is 5.56 Å². The second-order valence-corrected chi connectivity index (χ2v) is 8.07. The molecule has 190 valence electrons. The monoisotopic (exact) mass is 508 g/mol. The van der Waals surface area contributed by atoms with E-state index in [1.165, 1.54) is 0 Å². The Labute approximate surface area is 194 Å². The van der Waals surface area contributed by atoms with E-state index >= 15 is 0 Å². The second-order valence-electron chi connectivity index (χ2n) is 8.07. The fourth-order valence-electron chi connectivity index (χ4n) is 4.01. The largest absolute Gasteiger partial charge is 0.434 e. The molecule has 0 bridgehead atoms. The molecular formula is C22H19F7N2O4. The summed E-state index contributed by atoms with van der Waals surface area (Å²) in [6.45, 7) is -1.64. The van der Waals surface area contributed by atoms with Crippen LogP contribution in [-0.4, -0.2) is 36.3 Å². The number of alkyl halides is 5. The van der Waals surface area contributed by atoms with Gasteiger partial charge in [0.2, 0.25) is 0 Å². The minimum atomic E-state index is -4.99. The third-order valence-electron chi connectivity index (χ3n) is 5.98. The van der Waals surface area contributed by atoms with Crippen LogP contribution in [0.2, 0.25) is 0 Å². The van der Waals surface area contributed by atoms with Crippen LogP contribution in [0.15, 0.2) is 36.4 Å². The maximum atomic E-state index is 13.9. The first kappa shape index (κ1) is 26.3. The Bertz CT molecular complexity index is 1140. The molecule has 0 aliphatic carbocycles. The summed E-state index contributed by atoms with van der Waals surface area (Å²) in [5, 5.41) is 2.22. The third-order valence-corrected chi connectivity index (χ3v) is 5.98. The van der Waals surface area contributed by atoms with Gasteiger partial charge in [-0.1, -0.05) is 13.0 Å². The van der Waals surface area contributed by atoms with Gasteiger partial charge < -0.3 is 20.5 Å². The summed E-state index contributed by atoms with van der Waals surface area (Å²) >= 11 is 0. The van der Waals surface area contributed by atoms with E-state index in [9.17, 15) is 40.3 Å². The number of nitrogens with one attached hydrogen (secondary N) is 1. The number of amides is 2. The van der Waals surface area contributed by atoms with Crippen LogP contribution in [0.4, 0.5) is 36.4 Å². The van der Waals surface area contributed by atoms with Gasteiger partial charge in [0.25, 0.3) is 11.8 Å². The minimum Gasteiger partial charge on any atom is -0.434 e. The van der Waals surface area contributed by atoms with E-state index in [2.05, 4.69) is 10.1 Å². The SMILES string of the molecule is C[C@H]1[C@H](c2ccc(F)cc2OC(F)F)[C@H](C(=O)Nc2ccc(F)c(C(N)=O)c2)O[C@@]1(C)C(F)(F)F. The smallest absolute Gasteiger partial charge is 0.417 e. The fourth-order valence-corrected chi connectivity index (χ4v) is 4.01. The van der Waals surface area contributed by atoms with Crippen molar-refractivity contribution in [3.63, 3.8) is 0 Å².